The van der Waals surface area contributed by atoms with Crippen LogP contribution < -0.4 is 0 Å². The fourth-order valence-electron chi connectivity index (χ4n) is 2.99. The van der Waals surface area contributed by atoms with Crippen molar-refractivity contribution >= 4 is 0 Å². The van der Waals surface area contributed by atoms with Crippen LogP contribution in [0.5, 0.6) is 0 Å². The van der Waals surface area contributed by atoms with Crippen LogP contribution in [-0.4, -0.2) is 23.0 Å². The molecule has 0 N–H and O–H groups in total. The quantitative estimate of drug-likeness (QED) is 0.559. The lowest BCUT2D eigenvalue weighted by atomic mass is 9.97. The van der Waals surface area contributed by atoms with Gasteiger partial charge < -0.3 is 0 Å². The monoisotopic (exact) mass is 153 g/mol. The van der Waals surface area contributed by atoms with Gasteiger partial charge >= 0.3 is 0 Å². The van der Waals surface area contributed by atoms with Gasteiger partial charge in [0.15, 0.2) is 0 Å². The smallest absolute Gasteiger partial charge is 0.0185 e. The Morgan fingerprint density at radius 1 is 1.45 bits per heavy atom. The van der Waals surface area contributed by atoms with E-state index in [2.05, 4.69) is 18.7 Å². The Balaban J connectivity index is 2.13. The van der Waals surface area contributed by atoms with Crippen molar-refractivity contribution in [2.45, 2.75) is 57.5 Å². The van der Waals surface area contributed by atoms with Gasteiger partial charge in [0.1, 0.15) is 0 Å². The molecule has 2 atom stereocenters. The molecule has 0 unspecified atom stereocenters. The number of hydrogen-bond donors (Lipinski definition) is 0. The van der Waals surface area contributed by atoms with Crippen molar-refractivity contribution in [3.8, 4) is 0 Å². The maximum Gasteiger partial charge on any atom is 0.0185 e. The Labute approximate surface area is 69.8 Å². The third kappa shape index (κ3) is 1.01. The first-order valence-electron chi connectivity index (χ1n) is 5.03. The number of hydrogen-bond acceptors (Lipinski definition) is 1. The Bertz CT molecular complexity index is 155. The minimum absolute atomic E-state index is 0.612. The van der Waals surface area contributed by atoms with Gasteiger partial charge in [-0.05, 0) is 45.6 Å². The molecule has 2 fully saturated rings. The lowest BCUT2D eigenvalue weighted by molar-refractivity contribution is 0.164. The van der Waals surface area contributed by atoms with Crippen molar-refractivity contribution in [1.82, 2.24) is 4.90 Å². The number of rotatable bonds is 1. The third-order valence-corrected chi connectivity index (χ3v) is 3.74. The second kappa shape index (κ2) is 2.48. The van der Waals surface area contributed by atoms with E-state index >= 15 is 0 Å². The van der Waals surface area contributed by atoms with Crippen molar-refractivity contribution < 1.29 is 0 Å². The average molecular weight is 153 g/mol. The molecular formula is C10H19N. The zero-order chi connectivity index (χ0) is 7.90. The molecule has 2 saturated heterocycles. The van der Waals surface area contributed by atoms with Crippen LogP contribution in [0.3, 0.4) is 0 Å². The Hall–Kier alpha value is -0.0400. The summed E-state index contributed by atoms with van der Waals surface area (Å²) in [4.78, 5) is 2.76. The first-order chi connectivity index (χ1) is 5.26. The van der Waals surface area contributed by atoms with Gasteiger partial charge in [-0.1, -0.05) is 6.92 Å². The summed E-state index contributed by atoms with van der Waals surface area (Å²) in [5.74, 6) is 0. The maximum atomic E-state index is 2.76. The molecule has 2 aliphatic rings. The van der Waals surface area contributed by atoms with Gasteiger partial charge in [-0.3, -0.25) is 4.90 Å². The summed E-state index contributed by atoms with van der Waals surface area (Å²) in [6.07, 6.45) is 7.14. The molecule has 0 aromatic rings. The van der Waals surface area contributed by atoms with Crippen molar-refractivity contribution in [2.75, 3.05) is 6.54 Å². The Morgan fingerprint density at radius 3 is 3.00 bits per heavy atom. The second-order valence-electron chi connectivity index (χ2n) is 4.39. The third-order valence-electron chi connectivity index (χ3n) is 3.74. The molecule has 64 valence electrons. The highest BCUT2D eigenvalue weighted by molar-refractivity contribution is 5.00. The van der Waals surface area contributed by atoms with E-state index in [4.69, 9.17) is 0 Å². The zero-order valence-corrected chi connectivity index (χ0v) is 7.77. The molecule has 1 nitrogen and oxygen atoms in total. The number of nitrogens with zero attached hydrogens (tertiary/aromatic N) is 1. The summed E-state index contributed by atoms with van der Waals surface area (Å²) >= 11 is 0. The fourth-order valence-corrected chi connectivity index (χ4v) is 2.99. The van der Waals surface area contributed by atoms with Crippen LogP contribution in [0.4, 0.5) is 0 Å². The van der Waals surface area contributed by atoms with Gasteiger partial charge in [0.25, 0.3) is 0 Å². The molecule has 0 aromatic carbocycles. The predicted molar refractivity (Wildman–Crippen MR) is 47.7 cm³/mol. The maximum absolute atomic E-state index is 2.76. The van der Waals surface area contributed by atoms with Gasteiger partial charge in [-0.2, -0.15) is 0 Å². The molecule has 0 aliphatic carbocycles. The average Bonchev–Trinajstić information content (AvgIpc) is 2.45. The lowest BCUT2D eigenvalue weighted by Gasteiger charge is -2.31. The van der Waals surface area contributed by atoms with Crippen molar-refractivity contribution in [3.05, 3.63) is 0 Å². The van der Waals surface area contributed by atoms with E-state index in [0.29, 0.717) is 5.54 Å². The SMILES string of the molecule is CC[C@@H]1CC[C@]2(C)CCCN12. The Kier molecular flexibility index (Phi) is 1.71. The first kappa shape index (κ1) is 7.60. The molecule has 2 aliphatic heterocycles. The lowest BCUT2D eigenvalue weighted by Crippen LogP contribution is -2.39. The van der Waals surface area contributed by atoms with E-state index in [-0.39, 0.29) is 0 Å². The fraction of sp³-hybridized carbons (Fsp3) is 1.00. The first-order valence-corrected chi connectivity index (χ1v) is 5.03. The van der Waals surface area contributed by atoms with Gasteiger partial charge in [0, 0.05) is 11.6 Å². The molecule has 11 heavy (non-hydrogen) atoms. The molecule has 0 saturated carbocycles. The molecule has 2 heterocycles. The molecule has 0 spiro atoms. The van der Waals surface area contributed by atoms with Crippen LogP contribution in [0.15, 0.2) is 0 Å². The van der Waals surface area contributed by atoms with E-state index in [1.165, 1.54) is 38.6 Å². The summed E-state index contributed by atoms with van der Waals surface area (Å²) in [6, 6.07) is 0.919. The van der Waals surface area contributed by atoms with Crippen LogP contribution in [0.25, 0.3) is 0 Å². The van der Waals surface area contributed by atoms with Crippen LogP contribution >= 0.6 is 0 Å². The predicted octanol–water partition coefficient (Wildman–Crippen LogP) is 2.41. The molecule has 0 bridgehead atoms. The summed E-state index contributed by atoms with van der Waals surface area (Å²) in [6.45, 7) is 6.15. The summed E-state index contributed by atoms with van der Waals surface area (Å²) < 4.78 is 0. The highest BCUT2D eigenvalue weighted by Crippen LogP contribution is 2.42. The largest absolute Gasteiger partial charge is 0.295 e. The molecular weight excluding hydrogens is 134 g/mol. The Morgan fingerprint density at radius 2 is 2.27 bits per heavy atom. The van der Waals surface area contributed by atoms with Crippen molar-refractivity contribution in [1.29, 1.82) is 0 Å². The van der Waals surface area contributed by atoms with E-state index in [1.807, 2.05) is 0 Å². The minimum atomic E-state index is 0.612. The van der Waals surface area contributed by atoms with Crippen LogP contribution in [0.2, 0.25) is 0 Å². The molecule has 0 radical (unpaired) electrons. The van der Waals surface area contributed by atoms with Gasteiger partial charge in [0.05, 0.1) is 0 Å². The topological polar surface area (TPSA) is 3.24 Å². The standard InChI is InChI=1S/C10H19N/c1-3-9-5-7-10(2)6-4-8-11(9)10/h9H,3-8H2,1-2H3/t9-,10+/m1/s1. The normalized spacial score (nSPS) is 44.7. The zero-order valence-electron chi connectivity index (χ0n) is 7.77. The summed E-state index contributed by atoms with van der Waals surface area (Å²) in [7, 11) is 0. The van der Waals surface area contributed by atoms with E-state index in [1.54, 1.807) is 0 Å². The van der Waals surface area contributed by atoms with Crippen molar-refractivity contribution in [3.63, 3.8) is 0 Å². The summed E-state index contributed by atoms with van der Waals surface area (Å²) in [5, 5.41) is 0. The second-order valence-corrected chi connectivity index (χ2v) is 4.39. The van der Waals surface area contributed by atoms with Crippen LogP contribution in [0.1, 0.15) is 46.0 Å². The van der Waals surface area contributed by atoms with Gasteiger partial charge in [-0.15, -0.1) is 0 Å². The van der Waals surface area contributed by atoms with Gasteiger partial charge in [0.2, 0.25) is 0 Å². The number of fused-ring (bicyclic) bond motifs is 1. The van der Waals surface area contributed by atoms with Crippen LogP contribution in [-0.2, 0) is 0 Å². The van der Waals surface area contributed by atoms with Gasteiger partial charge in [-0.25, -0.2) is 0 Å². The van der Waals surface area contributed by atoms with E-state index in [9.17, 15) is 0 Å². The van der Waals surface area contributed by atoms with E-state index < -0.39 is 0 Å². The molecule has 0 aromatic heterocycles. The van der Waals surface area contributed by atoms with Crippen molar-refractivity contribution in [2.24, 2.45) is 0 Å². The van der Waals surface area contributed by atoms with E-state index in [0.717, 1.165) is 6.04 Å². The van der Waals surface area contributed by atoms with Crippen LogP contribution in [0, 0.1) is 0 Å². The molecule has 2 rings (SSSR count). The highest BCUT2D eigenvalue weighted by Gasteiger charge is 2.44. The summed E-state index contributed by atoms with van der Waals surface area (Å²) in [5.41, 5.74) is 0.612. The molecule has 1 heteroatoms. The molecule has 0 amide bonds. The highest BCUT2D eigenvalue weighted by atomic mass is 15.3. The minimum Gasteiger partial charge on any atom is -0.295 e.